The molecule has 0 spiro atoms. The normalized spacial score (nSPS) is 10.7. The van der Waals surface area contributed by atoms with E-state index in [1.165, 1.54) is 0 Å². The van der Waals surface area contributed by atoms with Gasteiger partial charge in [-0.2, -0.15) is 0 Å². The van der Waals surface area contributed by atoms with Crippen LogP contribution < -0.4 is 0 Å². The van der Waals surface area contributed by atoms with Gasteiger partial charge in [0.05, 0.1) is 7.11 Å². The second-order valence-electron chi connectivity index (χ2n) is 1.09. The van der Waals surface area contributed by atoms with Gasteiger partial charge in [0, 0.05) is 4.57 Å². The molecule has 0 aliphatic heterocycles. The van der Waals surface area contributed by atoms with Crippen LogP contribution in [0.25, 0.3) is 0 Å². The molecule has 0 aliphatic rings. The molecule has 0 aliphatic carbocycles. The van der Waals surface area contributed by atoms with E-state index in [2.05, 4.69) is 9.26 Å². The molecule has 0 fully saturated rings. The first-order chi connectivity index (χ1) is 4.16. The monoisotopic (exact) mass is 153 g/mol. The Morgan fingerprint density at radius 2 is 2.33 bits per heavy atom. The van der Waals surface area contributed by atoms with Crippen LogP contribution in [0.5, 0.6) is 0 Å². The summed E-state index contributed by atoms with van der Waals surface area (Å²) in [4.78, 5) is 18.1. The number of methoxy groups -OCH3 is 1. The van der Waals surface area contributed by atoms with E-state index >= 15 is 0 Å². The molecule has 0 rings (SSSR count). The van der Waals surface area contributed by atoms with Gasteiger partial charge >= 0.3 is 14.2 Å². The summed E-state index contributed by atoms with van der Waals surface area (Å²) in [6.45, 7) is -0.484. The van der Waals surface area contributed by atoms with Crippen LogP contribution in [0.15, 0.2) is 0 Å². The smallest absolute Gasteiger partial charge is 0.467 e. The topological polar surface area (TPSA) is 72.8 Å². The van der Waals surface area contributed by atoms with Gasteiger partial charge in [0.2, 0.25) is 6.61 Å². The van der Waals surface area contributed by atoms with Crippen molar-refractivity contribution >= 4 is 14.2 Å². The fourth-order valence-electron chi connectivity index (χ4n) is 0.167. The van der Waals surface area contributed by atoms with Crippen molar-refractivity contribution in [2.24, 2.45) is 0 Å². The third kappa shape index (κ3) is 5.36. The zero-order valence-electron chi connectivity index (χ0n) is 4.73. The Bertz CT molecular complexity index is 121. The van der Waals surface area contributed by atoms with E-state index in [0.29, 0.717) is 0 Å². The summed E-state index contributed by atoms with van der Waals surface area (Å²) < 4.78 is 17.8. The van der Waals surface area contributed by atoms with Gasteiger partial charge in [-0.05, 0) is 0 Å². The van der Waals surface area contributed by atoms with Crippen molar-refractivity contribution in [3.8, 4) is 0 Å². The summed E-state index contributed by atoms with van der Waals surface area (Å²) >= 11 is 0. The van der Waals surface area contributed by atoms with Crippen LogP contribution in [-0.4, -0.2) is 24.6 Å². The van der Waals surface area contributed by atoms with Gasteiger partial charge in [0.1, 0.15) is 0 Å². The highest BCUT2D eigenvalue weighted by Crippen LogP contribution is 2.12. The number of hydrogen-bond donors (Lipinski definition) is 1. The molecule has 9 heavy (non-hydrogen) atoms. The van der Waals surface area contributed by atoms with Crippen LogP contribution in [0.3, 0.4) is 0 Å². The molecule has 0 aromatic rings. The van der Waals surface area contributed by atoms with Gasteiger partial charge in [0.15, 0.2) is 0 Å². The molecule has 0 radical (unpaired) electrons. The van der Waals surface area contributed by atoms with Crippen molar-refractivity contribution in [3.05, 3.63) is 0 Å². The molecule has 0 heterocycles. The molecular weight excluding hydrogens is 147 g/mol. The number of carbonyl (C=O) groups excluding carboxylic acids is 1. The van der Waals surface area contributed by atoms with E-state index < -0.39 is 20.8 Å². The molecule has 52 valence electrons. The molecule has 1 N–H and O–H groups in total. The quantitative estimate of drug-likeness (QED) is 0.450. The maximum atomic E-state index is 10.1. The molecule has 6 heteroatoms. The van der Waals surface area contributed by atoms with E-state index in [-0.39, 0.29) is 0 Å². The van der Waals surface area contributed by atoms with Crippen molar-refractivity contribution in [2.75, 3.05) is 13.7 Å². The molecule has 0 bridgehead atoms. The van der Waals surface area contributed by atoms with E-state index in [0.717, 1.165) is 7.11 Å². The average Bonchev–Trinajstić information content (AvgIpc) is 1.83. The largest absolute Gasteiger partial charge is 0.695 e. The van der Waals surface area contributed by atoms with Crippen molar-refractivity contribution in [1.82, 2.24) is 0 Å². The molecule has 0 saturated carbocycles. The first-order valence-corrected chi connectivity index (χ1v) is 3.15. The highest BCUT2D eigenvalue weighted by molar-refractivity contribution is 7.32. The minimum absolute atomic E-state index is 0.484. The van der Waals surface area contributed by atoms with Crippen LogP contribution in [0, 0.1) is 0 Å². The van der Waals surface area contributed by atoms with Gasteiger partial charge in [0.25, 0.3) is 0 Å². The van der Waals surface area contributed by atoms with Crippen LogP contribution in [0.1, 0.15) is 0 Å². The van der Waals surface area contributed by atoms with E-state index in [4.69, 9.17) is 4.89 Å². The highest BCUT2D eigenvalue weighted by Gasteiger charge is 2.15. The lowest BCUT2D eigenvalue weighted by Crippen LogP contribution is -2.06. The van der Waals surface area contributed by atoms with Crippen molar-refractivity contribution in [1.29, 1.82) is 0 Å². The Morgan fingerprint density at radius 3 is 2.67 bits per heavy atom. The van der Waals surface area contributed by atoms with Crippen molar-refractivity contribution in [2.45, 2.75) is 0 Å². The Morgan fingerprint density at radius 1 is 1.78 bits per heavy atom. The predicted molar refractivity (Wildman–Crippen MR) is 27.8 cm³/mol. The number of ether oxygens (including phenoxy) is 1. The Kier molecular flexibility index (Phi) is 4.13. The fourth-order valence-corrected chi connectivity index (χ4v) is 0.383. The number of esters is 1. The Balaban J connectivity index is 3.28. The lowest BCUT2D eigenvalue weighted by atomic mass is 10.8. The summed E-state index contributed by atoms with van der Waals surface area (Å²) in [5, 5.41) is 0. The SMILES string of the molecule is COC(=O)CO[P+](=O)O. The minimum Gasteiger partial charge on any atom is -0.467 e. The van der Waals surface area contributed by atoms with Crippen LogP contribution in [0.2, 0.25) is 0 Å². The molecular formula is C3H6O5P+. The molecule has 1 unspecified atom stereocenters. The molecule has 0 amide bonds. The summed E-state index contributed by atoms with van der Waals surface area (Å²) in [6.07, 6.45) is 0. The van der Waals surface area contributed by atoms with Crippen LogP contribution in [0.4, 0.5) is 0 Å². The van der Waals surface area contributed by atoms with Crippen molar-refractivity contribution in [3.63, 3.8) is 0 Å². The van der Waals surface area contributed by atoms with Crippen LogP contribution >= 0.6 is 8.25 Å². The van der Waals surface area contributed by atoms with Gasteiger partial charge in [-0.1, -0.05) is 0 Å². The zero-order chi connectivity index (χ0) is 7.28. The van der Waals surface area contributed by atoms with Gasteiger partial charge in [-0.3, -0.25) is 0 Å². The number of rotatable bonds is 3. The number of hydrogen-bond acceptors (Lipinski definition) is 4. The van der Waals surface area contributed by atoms with Crippen molar-refractivity contribution < 1.29 is 23.5 Å². The lowest BCUT2D eigenvalue weighted by molar-refractivity contribution is -0.143. The molecule has 5 nitrogen and oxygen atoms in total. The predicted octanol–water partition coefficient (Wildman–Crippen LogP) is -0.174. The highest BCUT2D eigenvalue weighted by atomic mass is 31.1. The molecule has 1 atom stereocenters. The minimum atomic E-state index is -2.69. The fraction of sp³-hybridized carbons (Fsp3) is 0.667. The second-order valence-corrected chi connectivity index (χ2v) is 1.82. The Hall–Kier alpha value is -0.510. The van der Waals surface area contributed by atoms with E-state index in [9.17, 15) is 9.36 Å². The summed E-state index contributed by atoms with van der Waals surface area (Å²) in [7, 11) is -1.53. The second kappa shape index (κ2) is 4.38. The molecule has 0 aromatic heterocycles. The third-order valence-electron chi connectivity index (χ3n) is 0.521. The van der Waals surface area contributed by atoms with Crippen LogP contribution in [-0.2, 0) is 18.6 Å². The summed E-state index contributed by atoms with van der Waals surface area (Å²) in [6, 6.07) is 0. The van der Waals surface area contributed by atoms with E-state index in [1.54, 1.807) is 0 Å². The third-order valence-corrected chi connectivity index (χ3v) is 0.870. The average molecular weight is 153 g/mol. The number of carbonyl (C=O) groups is 1. The Labute approximate surface area is 52.5 Å². The maximum absolute atomic E-state index is 10.1. The van der Waals surface area contributed by atoms with Gasteiger partial charge in [-0.15, -0.1) is 9.42 Å². The standard InChI is InChI=1S/C3H5O5P/c1-7-3(4)2-8-9(5)6/h2H2,1H3/p+1. The van der Waals surface area contributed by atoms with Gasteiger partial charge in [-0.25, -0.2) is 4.79 Å². The summed E-state index contributed by atoms with van der Waals surface area (Å²) in [5.74, 6) is -0.674. The van der Waals surface area contributed by atoms with Gasteiger partial charge < -0.3 is 4.74 Å². The molecule has 0 aromatic carbocycles. The zero-order valence-corrected chi connectivity index (χ0v) is 5.63. The molecule has 0 saturated heterocycles. The maximum Gasteiger partial charge on any atom is 0.695 e. The first kappa shape index (κ1) is 8.49. The lowest BCUT2D eigenvalue weighted by Gasteiger charge is -1.88. The first-order valence-electron chi connectivity index (χ1n) is 2.02. The summed E-state index contributed by atoms with van der Waals surface area (Å²) in [5.41, 5.74) is 0. The van der Waals surface area contributed by atoms with E-state index in [1.807, 2.05) is 0 Å².